The second-order valence-electron chi connectivity index (χ2n) is 5.18. The van der Waals surface area contributed by atoms with E-state index in [9.17, 15) is 9.59 Å². The van der Waals surface area contributed by atoms with E-state index in [0.29, 0.717) is 18.4 Å². The highest BCUT2D eigenvalue weighted by Gasteiger charge is 2.26. The van der Waals surface area contributed by atoms with Crippen LogP contribution in [-0.4, -0.2) is 30.4 Å². The average molecular weight is 276 g/mol. The molecule has 0 spiro atoms. The van der Waals surface area contributed by atoms with Crippen LogP contribution in [0.15, 0.2) is 0 Å². The van der Waals surface area contributed by atoms with Crippen molar-refractivity contribution in [3.63, 3.8) is 0 Å². The van der Waals surface area contributed by atoms with Gasteiger partial charge in [-0.2, -0.15) is 0 Å². The summed E-state index contributed by atoms with van der Waals surface area (Å²) in [7, 11) is 0. The lowest BCUT2D eigenvalue weighted by atomic mass is 10.00. The normalized spacial score (nSPS) is 26.3. The van der Waals surface area contributed by atoms with E-state index in [-0.39, 0.29) is 36.8 Å². The first kappa shape index (κ1) is 15.2. The van der Waals surface area contributed by atoms with Crippen LogP contribution in [0.3, 0.4) is 0 Å². The molecule has 0 saturated heterocycles. The second-order valence-corrected chi connectivity index (χ2v) is 5.18. The Balaban J connectivity index is 0.00000162. The summed E-state index contributed by atoms with van der Waals surface area (Å²) in [5.41, 5.74) is 5.90. The van der Waals surface area contributed by atoms with Crippen molar-refractivity contribution in [1.82, 2.24) is 10.6 Å². The highest BCUT2D eigenvalue weighted by molar-refractivity contribution is 5.85. The van der Waals surface area contributed by atoms with E-state index in [0.717, 1.165) is 32.1 Å². The number of rotatable bonds is 5. The molecule has 0 radical (unpaired) electrons. The smallest absolute Gasteiger partial charge is 0.239 e. The monoisotopic (exact) mass is 275 g/mol. The zero-order chi connectivity index (χ0) is 12.3. The lowest BCUT2D eigenvalue weighted by Crippen LogP contribution is -2.39. The number of amides is 2. The number of halogens is 1. The van der Waals surface area contributed by atoms with Gasteiger partial charge in [-0.3, -0.25) is 9.59 Å². The maximum absolute atomic E-state index is 11.6. The number of nitrogens with two attached hydrogens (primary N) is 1. The van der Waals surface area contributed by atoms with Gasteiger partial charge in [0.25, 0.3) is 0 Å². The fourth-order valence-electron chi connectivity index (χ4n) is 2.31. The van der Waals surface area contributed by atoms with Crippen molar-refractivity contribution in [2.75, 3.05) is 6.54 Å². The van der Waals surface area contributed by atoms with Crippen LogP contribution < -0.4 is 16.4 Å². The van der Waals surface area contributed by atoms with Gasteiger partial charge in [-0.25, -0.2) is 0 Å². The van der Waals surface area contributed by atoms with Crippen LogP contribution in [0.2, 0.25) is 0 Å². The molecule has 2 aliphatic rings. The lowest BCUT2D eigenvalue weighted by Gasteiger charge is -2.14. The predicted molar refractivity (Wildman–Crippen MR) is 71.4 cm³/mol. The predicted octanol–water partition coefficient (Wildman–Crippen LogP) is 0.320. The standard InChI is InChI=1S/C12H21N3O2.ClH/c13-10-3-1-2-8(10)6-11(16)14-7-12(17)15-9-4-5-9;/h8-10H,1-7,13H2,(H,14,16)(H,15,17);1H/t8-,10+;/m0./s1. The molecule has 18 heavy (non-hydrogen) atoms. The van der Waals surface area contributed by atoms with Crippen molar-refractivity contribution >= 4 is 24.2 Å². The molecule has 0 aromatic carbocycles. The molecular weight excluding hydrogens is 254 g/mol. The molecule has 2 fully saturated rings. The molecule has 2 saturated carbocycles. The van der Waals surface area contributed by atoms with E-state index in [1.807, 2.05) is 0 Å². The molecular formula is C12H22ClN3O2. The fourth-order valence-corrected chi connectivity index (χ4v) is 2.31. The first-order chi connectivity index (χ1) is 8.15. The first-order valence-corrected chi connectivity index (χ1v) is 6.47. The molecule has 0 aromatic rings. The van der Waals surface area contributed by atoms with Crippen molar-refractivity contribution in [3.8, 4) is 0 Å². The van der Waals surface area contributed by atoms with Gasteiger partial charge in [-0.05, 0) is 31.6 Å². The van der Waals surface area contributed by atoms with Crippen LogP contribution in [0.5, 0.6) is 0 Å². The van der Waals surface area contributed by atoms with Crippen LogP contribution in [0.25, 0.3) is 0 Å². The number of hydrogen-bond acceptors (Lipinski definition) is 3. The van der Waals surface area contributed by atoms with E-state index < -0.39 is 0 Å². The number of carbonyl (C=O) groups is 2. The first-order valence-electron chi connectivity index (χ1n) is 6.47. The van der Waals surface area contributed by atoms with Crippen molar-refractivity contribution in [2.24, 2.45) is 11.7 Å². The molecule has 0 unspecified atom stereocenters. The van der Waals surface area contributed by atoms with Crippen molar-refractivity contribution in [1.29, 1.82) is 0 Å². The average Bonchev–Trinajstić information content (AvgIpc) is 3.01. The Morgan fingerprint density at radius 1 is 1.11 bits per heavy atom. The molecule has 2 aliphatic carbocycles. The largest absolute Gasteiger partial charge is 0.352 e. The minimum atomic E-state index is -0.0865. The minimum Gasteiger partial charge on any atom is -0.352 e. The van der Waals surface area contributed by atoms with Gasteiger partial charge in [0.1, 0.15) is 0 Å². The van der Waals surface area contributed by atoms with Gasteiger partial charge in [0.15, 0.2) is 0 Å². The molecule has 2 atom stereocenters. The van der Waals surface area contributed by atoms with Crippen molar-refractivity contribution in [2.45, 2.75) is 50.6 Å². The third-order valence-corrected chi connectivity index (χ3v) is 3.55. The van der Waals surface area contributed by atoms with E-state index in [1.165, 1.54) is 0 Å². The Bertz CT molecular complexity index is 308. The highest BCUT2D eigenvalue weighted by atomic mass is 35.5. The summed E-state index contributed by atoms with van der Waals surface area (Å²) in [6, 6.07) is 0.503. The Hall–Kier alpha value is -0.810. The molecule has 2 rings (SSSR count). The van der Waals surface area contributed by atoms with Gasteiger partial charge in [-0.15, -0.1) is 12.4 Å². The van der Waals surface area contributed by atoms with Gasteiger partial charge in [0.05, 0.1) is 6.54 Å². The van der Waals surface area contributed by atoms with Crippen LogP contribution in [0, 0.1) is 5.92 Å². The lowest BCUT2D eigenvalue weighted by molar-refractivity contribution is -0.126. The topological polar surface area (TPSA) is 84.2 Å². The van der Waals surface area contributed by atoms with Crippen LogP contribution in [0.4, 0.5) is 0 Å². The van der Waals surface area contributed by atoms with E-state index in [4.69, 9.17) is 5.73 Å². The maximum Gasteiger partial charge on any atom is 0.239 e. The summed E-state index contributed by atoms with van der Waals surface area (Å²) in [6.07, 6.45) is 5.75. The molecule has 104 valence electrons. The van der Waals surface area contributed by atoms with Crippen molar-refractivity contribution in [3.05, 3.63) is 0 Å². The molecule has 4 N–H and O–H groups in total. The maximum atomic E-state index is 11.6. The summed E-state index contributed by atoms with van der Waals surface area (Å²) >= 11 is 0. The third-order valence-electron chi connectivity index (χ3n) is 3.55. The SMILES string of the molecule is Cl.N[C@@H]1CCC[C@H]1CC(=O)NCC(=O)NC1CC1. The molecule has 0 aliphatic heterocycles. The van der Waals surface area contributed by atoms with Gasteiger partial charge in [0.2, 0.25) is 11.8 Å². The molecule has 0 heterocycles. The Morgan fingerprint density at radius 3 is 2.39 bits per heavy atom. The van der Waals surface area contributed by atoms with E-state index >= 15 is 0 Å². The zero-order valence-electron chi connectivity index (χ0n) is 10.5. The molecule has 2 amide bonds. The van der Waals surface area contributed by atoms with Crippen molar-refractivity contribution < 1.29 is 9.59 Å². The molecule has 5 nitrogen and oxygen atoms in total. The number of hydrogen-bond donors (Lipinski definition) is 3. The van der Waals surface area contributed by atoms with E-state index in [2.05, 4.69) is 10.6 Å². The summed E-state index contributed by atoms with van der Waals surface area (Å²) < 4.78 is 0. The Kier molecular flexibility index (Phi) is 5.88. The van der Waals surface area contributed by atoms with Gasteiger partial charge in [0, 0.05) is 18.5 Å². The minimum absolute atomic E-state index is 0. The summed E-state index contributed by atoms with van der Waals surface area (Å²) in [5, 5.41) is 5.49. The summed E-state index contributed by atoms with van der Waals surface area (Å²) in [6.45, 7) is 0.0945. The van der Waals surface area contributed by atoms with Crippen LogP contribution >= 0.6 is 12.4 Å². The zero-order valence-corrected chi connectivity index (χ0v) is 11.3. The summed E-state index contributed by atoms with van der Waals surface area (Å²) in [5.74, 6) is 0.149. The highest BCUT2D eigenvalue weighted by Crippen LogP contribution is 2.26. The molecule has 6 heteroatoms. The second kappa shape index (κ2) is 6.95. The Labute approximate surface area is 114 Å². The number of carbonyl (C=O) groups excluding carboxylic acids is 2. The quantitative estimate of drug-likeness (QED) is 0.676. The third kappa shape index (κ3) is 4.82. The number of nitrogens with one attached hydrogen (secondary N) is 2. The van der Waals surface area contributed by atoms with Crippen LogP contribution in [0.1, 0.15) is 38.5 Å². The van der Waals surface area contributed by atoms with Crippen LogP contribution in [-0.2, 0) is 9.59 Å². The van der Waals surface area contributed by atoms with Gasteiger partial charge >= 0.3 is 0 Å². The molecule has 0 aromatic heterocycles. The van der Waals surface area contributed by atoms with E-state index in [1.54, 1.807) is 0 Å². The Morgan fingerprint density at radius 2 is 1.83 bits per heavy atom. The van der Waals surface area contributed by atoms with Gasteiger partial charge < -0.3 is 16.4 Å². The summed E-state index contributed by atoms with van der Waals surface area (Å²) in [4.78, 5) is 23.0. The fraction of sp³-hybridized carbons (Fsp3) is 0.833. The molecule has 0 bridgehead atoms. The van der Waals surface area contributed by atoms with Gasteiger partial charge in [-0.1, -0.05) is 6.42 Å².